The molecule has 0 saturated carbocycles. The molecule has 1 aliphatic heterocycles. The molecule has 1 heterocycles. The number of nitrogens with zero attached hydrogens (tertiary/aromatic N) is 1. The predicted octanol–water partition coefficient (Wildman–Crippen LogP) is 0.910. The van der Waals surface area contributed by atoms with Crippen LogP contribution in [0.5, 0.6) is 0 Å². The van der Waals surface area contributed by atoms with Gasteiger partial charge < -0.3 is 5.11 Å². The Balaban J connectivity index is 2.25. The summed E-state index contributed by atoms with van der Waals surface area (Å²) < 4.78 is 0. The molecule has 17 heavy (non-hydrogen) atoms. The lowest BCUT2D eigenvalue weighted by Crippen LogP contribution is -2.40. The minimum absolute atomic E-state index is 0.195. The highest BCUT2D eigenvalue weighted by atomic mass is 16.3. The second kappa shape index (κ2) is 4.67. The van der Waals surface area contributed by atoms with Crippen molar-refractivity contribution < 1.29 is 14.7 Å². The first kappa shape index (κ1) is 11.8. The number of aliphatic hydroxyl groups is 1. The van der Waals surface area contributed by atoms with Gasteiger partial charge in [0.15, 0.2) is 0 Å². The topological polar surface area (TPSA) is 57.6 Å². The van der Waals surface area contributed by atoms with Crippen molar-refractivity contribution in [3.63, 3.8) is 0 Å². The summed E-state index contributed by atoms with van der Waals surface area (Å²) in [5.74, 6) is -0.800. The summed E-state index contributed by atoms with van der Waals surface area (Å²) in [6, 6.07) is 8.84. The van der Waals surface area contributed by atoms with E-state index in [1.54, 1.807) is 6.92 Å². The molecular formula is C13H15NO3. The maximum Gasteiger partial charge on any atom is 0.237 e. The third-order valence-electron chi connectivity index (χ3n) is 3.09. The number of carbonyl (C=O) groups is 2. The van der Waals surface area contributed by atoms with Crippen LogP contribution in [-0.4, -0.2) is 34.5 Å². The minimum Gasteiger partial charge on any atom is -0.394 e. The van der Waals surface area contributed by atoms with Crippen LogP contribution >= 0.6 is 0 Å². The quantitative estimate of drug-likeness (QED) is 0.789. The van der Waals surface area contributed by atoms with E-state index in [1.807, 2.05) is 30.3 Å². The number of carbonyl (C=O) groups excluding carboxylic acids is 2. The van der Waals surface area contributed by atoms with Crippen LogP contribution in [0.25, 0.3) is 0 Å². The normalized spacial score (nSPS) is 22.0. The summed E-state index contributed by atoms with van der Waals surface area (Å²) in [5.41, 5.74) is 0.860. The largest absolute Gasteiger partial charge is 0.394 e. The fourth-order valence-electron chi connectivity index (χ4n) is 2.14. The van der Waals surface area contributed by atoms with Crippen molar-refractivity contribution in [2.24, 2.45) is 0 Å². The highest BCUT2D eigenvalue weighted by Crippen LogP contribution is 2.30. The van der Waals surface area contributed by atoms with Crippen LogP contribution in [0.3, 0.4) is 0 Å². The molecule has 0 radical (unpaired) electrons. The zero-order valence-electron chi connectivity index (χ0n) is 9.67. The Morgan fingerprint density at radius 1 is 1.35 bits per heavy atom. The number of aliphatic hydroxyl groups excluding tert-OH is 1. The Morgan fingerprint density at radius 2 is 2.00 bits per heavy atom. The van der Waals surface area contributed by atoms with Gasteiger partial charge in [-0.1, -0.05) is 30.3 Å². The van der Waals surface area contributed by atoms with Crippen LogP contribution in [-0.2, 0) is 9.59 Å². The molecule has 1 saturated heterocycles. The first-order valence-electron chi connectivity index (χ1n) is 5.67. The Bertz CT molecular complexity index is 430. The van der Waals surface area contributed by atoms with Crippen molar-refractivity contribution in [3.05, 3.63) is 35.9 Å². The third kappa shape index (κ3) is 2.08. The van der Waals surface area contributed by atoms with Gasteiger partial charge in [-0.3, -0.25) is 14.5 Å². The average Bonchev–Trinajstić information content (AvgIpc) is 2.65. The first-order valence-corrected chi connectivity index (χ1v) is 5.67. The van der Waals surface area contributed by atoms with E-state index in [0.29, 0.717) is 0 Å². The van der Waals surface area contributed by atoms with Crippen LogP contribution in [0.15, 0.2) is 30.3 Å². The highest BCUT2D eigenvalue weighted by Gasteiger charge is 2.41. The van der Waals surface area contributed by atoms with Crippen LogP contribution in [0.4, 0.5) is 0 Å². The maximum absolute atomic E-state index is 12.1. The van der Waals surface area contributed by atoms with E-state index in [0.717, 1.165) is 5.56 Å². The van der Waals surface area contributed by atoms with E-state index < -0.39 is 12.0 Å². The van der Waals surface area contributed by atoms with E-state index in [1.165, 1.54) is 4.90 Å². The zero-order valence-corrected chi connectivity index (χ0v) is 9.67. The van der Waals surface area contributed by atoms with Crippen molar-refractivity contribution in [1.29, 1.82) is 0 Å². The molecule has 1 N–H and O–H groups in total. The van der Waals surface area contributed by atoms with E-state index >= 15 is 0 Å². The van der Waals surface area contributed by atoms with Gasteiger partial charge in [0.05, 0.1) is 18.6 Å². The fraction of sp³-hybridized carbons (Fsp3) is 0.385. The molecule has 90 valence electrons. The van der Waals surface area contributed by atoms with Crippen LogP contribution in [0.1, 0.15) is 24.8 Å². The number of rotatable bonds is 3. The second-order valence-corrected chi connectivity index (χ2v) is 4.30. The lowest BCUT2D eigenvalue weighted by Gasteiger charge is -2.20. The van der Waals surface area contributed by atoms with Crippen LogP contribution in [0, 0.1) is 0 Å². The van der Waals surface area contributed by atoms with Gasteiger partial charge in [0.25, 0.3) is 0 Å². The lowest BCUT2D eigenvalue weighted by atomic mass is 9.98. The Kier molecular flexibility index (Phi) is 3.24. The summed E-state index contributed by atoms with van der Waals surface area (Å²) in [6.07, 6.45) is 0.202. The van der Waals surface area contributed by atoms with E-state index in [4.69, 9.17) is 5.11 Å². The van der Waals surface area contributed by atoms with Crippen molar-refractivity contribution in [2.45, 2.75) is 25.3 Å². The molecule has 1 unspecified atom stereocenters. The van der Waals surface area contributed by atoms with Gasteiger partial charge in [-0.2, -0.15) is 0 Å². The van der Waals surface area contributed by atoms with Gasteiger partial charge in [0.2, 0.25) is 11.8 Å². The van der Waals surface area contributed by atoms with E-state index in [2.05, 4.69) is 0 Å². The number of benzene rings is 1. The fourth-order valence-corrected chi connectivity index (χ4v) is 2.14. The molecule has 0 bridgehead atoms. The predicted molar refractivity (Wildman–Crippen MR) is 62.2 cm³/mol. The number of hydrogen-bond acceptors (Lipinski definition) is 3. The van der Waals surface area contributed by atoms with Crippen molar-refractivity contribution in [2.75, 3.05) is 6.61 Å². The smallest absolute Gasteiger partial charge is 0.237 e. The third-order valence-corrected chi connectivity index (χ3v) is 3.09. The summed E-state index contributed by atoms with van der Waals surface area (Å²) in [6.45, 7) is 1.47. The first-order chi connectivity index (χ1) is 8.15. The number of likely N-dealkylation sites (tertiary alicyclic amines) is 1. The molecule has 2 atom stereocenters. The molecule has 0 aliphatic carbocycles. The SMILES string of the molecule is C[C@@H](CO)N1C(=O)CC(c2ccccc2)C1=O. The number of imide groups is 1. The monoisotopic (exact) mass is 233 g/mol. The number of hydrogen-bond donors (Lipinski definition) is 1. The van der Waals surface area contributed by atoms with Gasteiger partial charge in [-0.25, -0.2) is 0 Å². The molecule has 1 aliphatic rings. The molecule has 4 heteroatoms. The van der Waals surface area contributed by atoms with Gasteiger partial charge in [-0.15, -0.1) is 0 Å². The Labute approximate surface area is 99.9 Å². The summed E-state index contributed by atoms with van der Waals surface area (Å²) in [4.78, 5) is 25.1. The van der Waals surface area contributed by atoms with Gasteiger partial charge >= 0.3 is 0 Å². The van der Waals surface area contributed by atoms with Crippen molar-refractivity contribution in [1.82, 2.24) is 4.90 Å². The molecule has 4 nitrogen and oxygen atoms in total. The summed E-state index contributed by atoms with van der Waals surface area (Å²) in [5, 5.41) is 9.04. The van der Waals surface area contributed by atoms with Gasteiger partial charge in [0, 0.05) is 6.42 Å². The molecule has 1 aromatic carbocycles. The molecule has 1 fully saturated rings. The molecule has 2 amide bonds. The lowest BCUT2D eigenvalue weighted by molar-refractivity contribution is -0.141. The standard InChI is InChI=1S/C13H15NO3/c1-9(8-15)14-12(16)7-11(13(14)17)10-5-3-2-4-6-10/h2-6,9,11,15H,7-8H2,1H3/t9-,11?/m0/s1. The van der Waals surface area contributed by atoms with Crippen LogP contribution in [0.2, 0.25) is 0 Å². The molecular weight excluding hydrogens is 218 g/mol. The maximum atomic E-state index is 12.1. The highest BCUT2D eigenvalue weighted by molar-refractivity contribution is 6.06. The molecule has 0 aromatic heterocycles. The van der Waals surface area contributed by atoms with Crippen molar-refractivity contribution in [3.8, 4) is 0 Å². The second-order valence-electron chi connectivity index (χ2n) is 4.30. The number of amides is 2. The average molecular weight is 233 g/mol. The Morgan fingerprint density at radius 3 is 2.59 bits per heavy atom. The molecule has 0 spiro atoms. The van der Waals surface area contributed by atoms with Gasteiger partial charge in [-0.05, 0) is 12.5 Å². The van der Waals surface area contributed by atoms with Gasteiger partial charge in [0.1, 0.15) is 0 Å². The van der Waals surface area contributed by atoms with Crippen molar-refractivity contribution >= 4 is 11.8 Å². The van der Waals surface area contributed by atoms with E-state index in [9.17, 15) is 9.59 Å². The molecule has 2 rings (SSSR count). The minimum atomic E-state index is -0.441. The molecule has 1 aromatic rings. The summed E-state index contributed by atoms with van der Waals surface area (Å²) >= 11 is 0. The Hall–Kier alpha value is -1.68. The van der Waals surface area contributed by atoms with E-state index in [-0.39, 0.29) is 24.8 Å². The van der Waals surface area contributed by atoms with Crippen LogP contribution < -0.4 is 0 Å². The summed E-state index contributed by atoms with van der Waals surface area (Å²) in [7, 11) is 0. The zero-order chi connectivity index (χ0) is 12.4.